The molecule has 0 bridgehead atoms. The molecule has 0 radical (unpaired) electrons. The molecule has 1 aliphatic heterocycles. The van der Waals surface area contributed by atoms with E-state index < -0.39 is 0 Å². The molecule has 0 aliphatic carbocycles. The third-order valence-electron chi connectivity index (χ3n) is 4.01. The lowest BCUT2D eigenvalue weighted by Crippen LogP contribution is -2.33. The molecule has 0 spiro atoms. The number of hydrogen-bond donors (Lipinski definition) is 1. The maximum Gasteiger partial charge on any atom is 0.0587 e. The second kappa shape index (κ2) is 6.75. The number of rotatable bonds is 5. The molecule has 2 rings (SSSR count). The third kappa shape index (κ3) is 3.51. The van der Waals surface area contributed by atoms with Crippen molar-refractivity contribution in [2.75, 3.05) is 33.5 Å². The van der Waals surface area contributed by atoms with Crippen molar-refractivity contribution in [2.45, 2.75) is 29.9 Å². The molecule has 0 unspecified atom stereocenters. The van der Waals surface area contributed by atoms with Gasteiger partial charge in [-0.15, -0.1) is 11.8 Å². The zero-order chi connectivity index (χ0) is 13.8. The van der Waals surface area contributed by atoms with E-state index in [9.17, 15) is 5.11 Å². The minimum atomic E-state index is 0.256. The van der Waals surface area contributed by atoms with E-state index in [0.717, 1.165) is 19.5 Å². The molecule has 1 saturated heterocycles. The van der Waals surface area contributed by atoms with E-state index in [1.807, 2.05) is 0 Å². The van der Waals surface area contributed by atoms with Crippen molar-refractivity contribution in [3.8, 4) is 0 Å². The average molecular weight is 280 g/mol. The molecule has 0 aromatic heterocycles. The summed E-state index contributed by atoms with van der Waals surface area (Å²) in [5.74, 6) is 0. The Morgan fingerprint density at radius 2 is 2.11 bits per heavy atom. The van der Waals surface area contributed by atoms with Crippen LogP contribution in [0.2, 0.25) is 0 Å². The van der Waals surface area contributed by atoms with Gasteiger partial charge < -0.3 is 10.0 Å². The van der Waals surface area contributed by atoms with Crippen LogP contribution in [0.1, 0.15) is 12.0 Å². The van der Waals surface area contributed by atoms with Crippen LogP contribution in [0.25, 0.3) is 0 Å². The van der Waals surface area contributed by atoms with Gasteiger partial charge in [0.2, 0.25) is 0 Å². The molecular formula is C15H24N2OS. The van der Waals surface area contributed by atoms with Gasteiger partial charge in [-0.2, -0.15) is 0 Å². The maximum absolute atomic E-state index is 9.58. The molecule has 106 valence electrons. The Hall–Kier alpha value is -0.550. The van der Waals surface area contributed by atoms with Crippen molar-refractivity contribution in [1.82, 2.24) is 9.80 Å². The van der Waals surface area contributed by atoms with Crippen molar-refractivity contribution in [2.24, 2.45) is 0 Å². The highest BCUT2D eigenvalue weighted by Gasteiger charge is 2.32. The summed E-state index contributed by atoms with van der Waals surface area (Å²) >= 11 is 1.80. The minimum Gasteiger partial charge on any atom is -0.395 e. The maximum atomic E-state index is 9.58. The molecule has 4 heteroatoms. The number of aliphatic hydroxyl groups excluding tert-OH is 1. The smallest absolute Gasteiger partial charge is 0.0587 e. The van der Waals surface area contributed by atoms with Gasteiger partial charge in [-0.3, -0.25) is 4.90 Å². The normalized spacial score (nSPS) is 24.3. The van der Waals surface area contributed by atoms with Crippen molar-refractivity contribution < 1.29 is 5.11 Å². The van der Waals surface area contributed by atoms with Gasteiger partial charge in [0.15, 0.2) is 0 Å². The standard InChI is InChI=1S/C15H24N2OS/c1-16(2)13-8-14(11-18)17(10-13)9-12-6-4-5-7-15(12)19-3/h4-7,13-14,18H,8-11H2,1-3H3/t13-,14+/m1/s1. The Bertz CT molecular complexity index is 411. The summed E-state index contributed by atoms with van der Waals surface area (Å²) in [7, 11) is 4.25. The highest BCUT2D eigenvalue weighted by Crippen LogP contribution is 2.26. The van der Waals surface area contributed by atoms with Crippen LogP contribution in [0.5, 0.6) is 0 Å². The number of thioether (sulfide) groups is 1. The predicted octanol–water partition coefficient (Wildman–Crippen LogP) is 1.91. The Kier molecular flexibility index (Phi) is 5.28. The van der Waals surface area contributed by atoms with Crippen LogP contribution in [-0.2, 0) is 6.54 Å². The van der Waals surface area contributed by atoms with Crippen molar-refractivity contribution in [1.29, 1.82) is 0 Å². The first kappa shape index (κ1) is 14.9. The first-order valence-electron chi connectivity index (χ1n) is 6.79. The molecule has 1 heterocycles. The minimum absolute atomic E-state index is 0.256. The van der Waals surface area contributed by atoms with Gasteiger partial charge in [-0.05, 0) is 38.4 Å². The van der Waals surface area contributed by atoms with E-state index in [1.165, 1.54) is 10.5 Å². The summed E-state index contributed by atoms with van der Waals surface area (Å²) in [6.07, 6.45) is 3.18. The predicted molar refractivity (Wildman–Crippen MR) is 81.6 cm³/mol. The van der Waals surface area contributed by atoms with Crippen LogP contribution in [0.3, 0.4) is 0 Å². The van der Waals surface area contributed by atoms with Crippen LogP contribution >= 0.6 is 11.8 Å². The fourth-order valence-corrected chi connectivity index (χ4v) is 3.38. The zero-order valence-electron chi connectivity index (χ0n) is 12.0. The first-order valence-corrected chi connectivity index (χ1v) is 8.01. The molecule has 2 atom stereocenters. The molecule has 1 aromatic carbocycles. The monoisotopic (exact) mass is 280 g/mol. The quantitative estimate of drug-likeness (QED) is 0.834. The van der Waals surface area contributed by atoms with Gasteiger partial charge in [-0.25, -0.2) is 0 Å². The molecule has 1 fully saturated rings. The van der Waals surface area contributed by atoms with Crippen LogP contribution in [0.15, 0.2) is 29.2 Å². The van der Waals surface area contributed by atoms with Gasteiger partial charge in [0.05, 0.1) is 6.61 Å². The van der Waals surface area contributed by atoms with E-state index in [2.05, 4.69) is 54.4 Å². The largest absolute Gasteiger partial charge is 0.395 e. The summed E-state index contributed by atoms with van der Waals surface area (Å²) < 4.78 is 0. The summed E-state index contributed by atoms with van der Waals surface area (Å²) in [5.41, 5.74) is 1.37. The fraction of sp³-hybridized carbons (Fsp3) is 0.600. The molecule has 1 aromatic rings. The average Bonchev–Trinajstić information content (AvgIpc) is 2.82. The number of likely N-dealkylation sites (tertiary alicyclic amines) is 1. The number of nitrogens with zero attached hydrogens (tertiary/aromatic N) is 2. The third-order valence-corrected chi connectivity index (χ3v) is 4.85. The molecule has 0 saturated carbocycles. The van der Waals surface area contributed by atoms with E-state index >= 15 is 0 Å². The summed E-state index contributed by atoms with van der Waals surface area (Å²) in [5, 5.41) is 9.58. The number of benzene rings is 1. The van der Waals surface area contributed by atoms with E-state index in [-0.39, 0.29) is 6.61 Å². The van der Waals surface area contributed by atoms with Crippen LogP contribution < -0.4 is 0 Å². The Balaban J connectivity index is 2.09. The van der Waals surface area contributed by atoms with Gasteiger partial charge in [0.25, 0.3) is 0 Å². The first-order chi connectivity index (χ1) is 9.15. The van der Waals surface area contributed by atoms with Crippen LogP contribution in [0, 0.1) is 0 Å². The van der Waals surface area contributed by atoms with Crippen LogP contribution in [0.4, 0.5) is 0 Å². The van der Waals surface area contributed by atoms with Gasteiger partial charge in [-0.1, -0.05) is 18.2 Å². The van der Waals surface area contributed by atoms with Gasteiger partial charge >= 0.3 is 0 Å². The Labute approximate surface area is 120 Å². The second-order valence-electron chi connectivity index (χ2n) is 5.43. The zero-order valence-corrected chi connectivity index (χ0v) is 12.9. The van der Waals surface area contributed by atoms with Gasteiger partial charge in [0, 0.05) is 30.1 Å². The topological polar surface area (TPSA) is 26.7 Å². The number of likely N-dealkylation sites (N-methyl/N-ethyl adjacent to an activating group) is 1. The van der Waals surface area contributed by atoms with Crippen molar-refractivity contribution in [3.63, 3.8) is 0 Å². The SMILES string of the molecule is CSc1ccccc1CN1C[C@H](N(C)C)C[C@H]1CO. The van der Waals surface area contributed by atoms with Crippen molar-refractivity contribution in [3.05, 3.63) is 29.8 Å². The van der Waals surface area contributed by atoms with E-state index in [1.54, 1.807) is 11.8 Å². The Morgan fingerprint density at radius 3 is 2.74 bits per heavy atom. The molecule has 3 nitrogen and oxygen atoms in total. The lowest BCUT2D eigenvalue weighted by molar-refractivity contribution is 0.152. The molecular weight excluding hydrogens is 256 g/mol. The molecule has 19 heavy (non-hydrogen) atoms. The summed E-state index contributed by atoms with van der Waals surface area (Å²) in [6, 6.07) is 9.41. The van der Waals surface area contributed by atoms with E-state index in [0.29, 0.717) is 12.1 Å². The highest BCUT2D eigenvalue weighted by atomic mass is 32.2. The molecule has 1 aliphatic rings. The summed E-state index contributed by atoms with van der Waals surface area (Å²) in [6.45, 7) is 2.24. The highest BCUT2D eigenvalue weighted by molar-refractivity contribution is 7.98. The van der Waals surface area contributed by atoms with Crippen LogP contribution in [-0.4, -0.2) is 60.5 Å². The van der Waals surface area contributed by atoms with Crippen molar-refractivity contribution >= 4 is 11.8 Å². The summed E-state index contributed by atoms with van der Waals surface area (Å²) in [4.78, 5) is 6.02. The molecule has 0 amide bonds. The Morgan fingerprint density at radius 1 is 1.37 bits per heavy atom. The lowest BCUT2D eigenvalue weighted by atomic mass is 10.1. The fourth-order valence-electron chi connectivity index (χ4n) is 2.77. The number of aliphatic hydroxyl groups is 1. The van der Waals surface area contributed by atoms with Gasteiger partial charge in [0.1, 0.15) is 0 Å². The number of hydrogen-bond acceptors (Lipinski definition) is 4. The lowest BCUT2D eigenvalue weighted by Gasteiger charge is -2.24. The second-order valence-corrected chi connectivity index (χ2v) is 6.28. The molecule has 1 N–H and O–H groups in total. The van der Waals surface area contributed by atoms with E-state index in [4.69, 9.17) is 0 Å².